The minimum Gasteiger partial charge on any atom is -0.497 e. The Kier molecular flexibility index (Phi) is 20.2. The summed E-state index contributed by atoms with van der Waals surface area (Å²) < 4.78 is 53.8. The van der Waals surface area contributed by atoms with Crippen molar-refractivity contribution in [3.05, 3.63) is 127 Å². The van der Waals surface area contributed by atoms with Gasteiger partial charge in [-0.15, -0.1) is 0 Å². The van der Waals surface area contributed by atoms with Crippen LogP contribution in [0, 0.1) is 11.3 Å². The topological polar surface area (TPSA) is 243 Å². The molecule has 4 aromatic rings. The number of nitrogens with zero attached hydrogens (tertiary/aromatic N) is 5. The van der Waals surface area contributed by atoms with E-state index >= 15 is 4.79 Å². The molecule has 5 heterocycles. The van der Waals surface area contributed by atoms with Crippen molar-refractivity contribution < 1.29 is 75.9 Å². The molecule has 3 fully saturated rings. The molecule has 1 saturated carbocycles. The highest BCUT2D eigenvalue weighted by Crippen LogP contribution is 2.57. The second-order valence-corrected chi connectivity index (χ2v) is 29.5. The monoisotopic (exact) mass is 1280 g/mol. The summed E-state index contributed by atoms with van der Waals surface area (Å²) in [5, 5.41) is 5.82. The van der Waals surface area contributed by atoms with E-state index in [2.05, 4.69) is 23.8 Å². The van der Waals surface area contributed by atoms with Gasteiger partial charge in [-0.1, -0.05) is 69.8 Å². The molecule has 490 valence electrons. The molecule has 92 heavy (non-hydrogen) atoms. The van der Waals surface area contributed by atoms with Crippen molar-refractivity contribution >= 4 is 72.9 Å². The zero-order valence-electron chi connectivity index (χ0n) is 53.6. The molecule has 0 radical (unpaired) electrons. The molecule has 2 N–H and O–H groups in total. The predicted molar refractivity (Wildman–Crippen MR) is 346 cm³/mol. The van der Waals surface area contributed by atoms with Gasteiger partial charge in [0.1, 0.15) is 37.7 Å². The largest absolute Gasteiger partial charge is 0.497 e. The van der Waals surface area contributed by atoms with E-state index in [1.165, 1.54) is 41.1 Å². The molecule has 6 aliphatic rings. The van der Waals surface area contributed by atoms with Crippen molar-refractivity contribution in [2.75, 3.05) is 82.5 Å². The van der Waals surface area contributed by atoms with Gasteiger partial charge in [0.15, 0.2) is 37.5 Å². The second kappa shape index (κ2) is 28.2. The average Bonchev–Trinajstić information content (AvgIpc) is 1.56. The molecule has 1 aliphatic carbocycles. The summed E-state index contributed by atoms with van der Waals surface area (Å²) >= 11 is 0. The van der Waals surface area contributed by atoms with Crippen LogP contribution in [0.25, 0.3) is 5.57 Å². The molecule has 24 heteroatoms. The summed E-state index contributed by atoms with van der Waals surface area (Å²) in [4.78, 5) is 106. The van der Waals surface area contributed by atoms with Crippen molar-refractivity contribution in [1.29, 1.82) is 0 Å². The number of hydrogen-bond acceptors (Lipinski definition) is 16. The number of carbonyl (C=O) groups is 7. The first-order valence-corrected chi connectivity index (χ1v) is 34.7. The van der Waals surface area contributed by atoms with Gasteiger partial charge < -0.3 is 62.8 Å². The zero-order chi connectivity index (χ0) is 65.6. The van der Waals surface area contributed by atoms with Gasteiger partial charge in [-0.05, 0) is 123 Å². The van der Waals surface area contributed by atoms with Gasteiger partial charge in [0.05, 0.1) is 75.7 Å². The third kappa shape index (κ3) is 14.3. The minimum absolute atomic E-state index is 0.0126. The van der Waals surface area contributed by atoms with Crippen molar-refractivity contribution in [2.45, 2.75) is 122 Å². The Bertz CT molecular complexity index is 3500. The first-order chi connectivity index (χ1) is 44.2. The molecular weight excluding hydrogens is 1200 g/mol. The maximum Gasteiger partial charge on any atom is 0.416 e. The van der Waals surface area contributed by atoms with E-state index in [4.69, 9.17) is 42.3 Å². The molecule has 4 aromatic carbocycles. The van der Waals surface area contributed by atoms with Gasteiger partial charge in [-0.2, -0.15) is 0 Å². The lowest BCUT2D eigenvalue weighted by atomic mass is 9.97. The van der Waals surface area contributed by atoms with E-state index in [0.29, 0.717) is 68.6 Å². The first-order valence-electron chi connectivity index (χ1n) is 31.3. The quantitative estimate of drug-likeness (QED) is 0.0287. The highest BCUT2D eigenvalue weighted by molar-refractivity contribution is 6.69. The Balaban J connectivity index is 0.850. The van der Waals surface area contributed by atoms with Crippen molar-refractivity contribution in [3.63, 3.8) is 0 Å². The van der Waals surface area contributed by atoms with Crippen LogP contribution in [0.1, 0.15) is 97.1 Å². The maximum atomic E-state index is 15.1. The molecule has 7 amide bonds. The second-order valence-electron chi connectivity index (χ2n) is 25.0. The van der Waals surface area contributed by atoms with Crippen molar-refractivity contribution in [2.24, 2.45) is 11.3 Å². The predicted octanol–water partition coefficient (Wildman–Crippen LogP) is 10.5. The van der Waals surface area contributed by atoms with E-state index in [0.717, 1.165) is 24.0 Å². The van der Waals surface area contributed by atoms with E-state index < -0.39 is 68.8 Å². The van der Waals surface area contributed by atoms with Gasteiger partial charge in [-0.25, -0.2) is 19.3 Å². The average molecular weight is 1280 g/mol. The lowest BCUT2D eigenvalue weighted by Crippen LogP contribution is -2.55. The van der Waals surface area contributed by atoms with E-state index in [-0.39, 0.29) is 108 Å². The van der Waals surface area contributed by atoms with Gasteiger partial charge in [0, 0.05) is 43.5 Å². The molecular formula is C68H83N7O16Si. The van der Waals surface area contributed by atoms with Gasteiger partial charge >= 0.3 is 18.3 Å². The fourth-order valence-electron chi connectivity index (χ4n) is 12.5. The fraction of sp³-hybridized carbons (Fsp3) is 0.456. The number of methoxy groups -OCH3 is 3. The van der Waals surface area contributed by atoms with Crippen LogP contribution in [0.3, 0.4) is 0 Å². The maximum absolute atomic E-state index is 15.1. The zero-order valence-corrected chi connectivity index (χ0v) is 54.6. The number of benzene rings is 4. The van der Waals surface area contributed by atoms with Crippen LogP contribution >= 0.6 is 0 Å². The summed E-state index contributed by atoms with van der Waals surface area (Å²) in [6.07, 6.45) is 6.74. The number of amides is 7. The Morgan fingerprint density at radius 1 is 0.772 bits per heavy atom. The summed E-state index contributed by atoms with van der Waals surface area (Å²) in [5.74, 6) is -0.00560. The van der Waals surface area contributed by atoms with Crippen molar-refractivity contribution in [1.82, 2.24) is 20.0 Å². The standard InChI is InChI=1S/C68H83N7O16Si/c1-11-28-88-65(80)71-27-14-16-51(71)60(76)70-59(42(4)13-3)61(77)69-46-21-17-43(18-22-46)40-90-67(82)75-53-36-58(56(85-7)34-50(53)63(79)74-41-68(25-26-68)37-54(74)64(75)91-92(8,9)10)87-31-15-30-86-57-35-52-49(33-55(57)84-6)62(78)72-38-45(44-19-23-48(83-5)24-20-44)32-47(72)39-73(52)66(81)89-29-12-2/h11-12,17-24,33-36,38,42,47,51,54,59,64H,1-2,13-16,25-32,37,39-41H2,3-10H3,(H,69,77)(H,70,76)/t42-,47-,51-,54-,59-,64?/m0/s1. The van der Waals surface area contributed by atoms with Crippen LogP contribution in [-0.4, -0.2) is 163 Å². The summed E-state index contributed by atoms with van der Waals surface area (Å²) in [5.41, 5.74) is 3.74. The molecule has 5 aliphatic heterocycles. The van der Waals surface area contributed by atoms with Crippen LogP contribution in [0.15, 0.2) is 104 Å². The van der Waals surface area contributed by atoms with E-state index in [9.17, 15) is 28.8 Å². The SMILES string of the molecule is C=CCOC(=O)N1C[C@@H]2CC(c3ccc(OC)cc3)=CN2C(=O)c2cc(OC)c(OCCCOc3cc4c(cc3OC)C(=O)N3CC5(CC5)C[C@H]3C(O[Si](C)(C)C)N4C(=O)OCc3ccc(NC(=O)[C@@H](NC(=O)[C@@H]4CCCN4C(=O)OCC=C)[C@@H](C)CC)cc3)cc21. The van der Waals surface area contributed by atoms with Crippen LogP contribution in [-0.2, 0) is 34.8 Å². The van der Waals surface area contributed by atoms with Crippen LogP contribution in [0.2, 0.25) is 19.6 Å². The Hall–Kier alpha value is -9.03. The van der Waals surface area contributed by atoms with Gasteiger partial charge in [0.2, 0.25) is 11.8 Å². The Labute approximate surface area is 537 Å². The van der Waals surface area contributed by atoms with Crippen LogP contribution < -0.4 is 44.1 Å². The number of rotatable bonds is 24. The molecule has 0 bridgehead atoms. The molecule has 1 unspecified atom stereocenters. The minimum atomic E-state index is -2.49. The number of hydrogen-bond donors (Lipinski definition) is 2. The number of carbonyl (C=O) groups excluding carboxylic acids is 7. The Morgan fingerprint density at radius 2 is 1.41 bits per heavy atom. The number of fused-ring (bicyclic) bond motifs is 4. The number of nitrogens with one attached hydrogen (secondary N) is 2. The first kappa shape index (κ1) is 65.9. The molecule has 0 aromatic heterocycles. The highest BCUT2D eigenvalue weighted by Gasteiger charge is 2.59. The smallest absolute Gasteiger partial charge is 0.416 e. The molecule has 23 nitrogen and oxygen atoms in total. The number of anilines is 3. The van der Waals surface area contributed by atoms with E-state index in [1.807, 2.05) is 68.9 Å². The lowest BCUT2D eigenvalue weighted by molar-refractivity contribution is -0.130. The van der Waals surface area contributed by atoms with Crippen molar-refractivity contribution in [3.8, 4) is 28.7 Å². The summed E-state index contributed by atoms with van der Waals surface area (Å²) in [6.45, 7) is 18.1. The Morgan fingerprint density at radius 3 is 2.02 bits per heavy atom. The van der Waals surface area contributed by atoms with Gasteiger partial charge in [0.25, 0.3) is 11.8 Å². The fourth-order valence-corrected chi connectivity index (χ4v) is 13.5. The molecule has 2 saturated heterocycles. The summed E-state index contributed by atoms with van der Waals surface area (Å²) in [7, 11) is 2.05. The van der Waals surface area contributed by atoms with E-state index in [1.54, 1.807) is 60.5 Å². The number of ether oxygens (including phenoxy) is 8. The third-order valence-corrected chi connectivity index (χ3v) is 18.6. The molecule has 10 rings (SSSR count). The highest BCUT2D eigenvalue weighted by atomic mass is 28.4. The van der Waals surface area contributed by atoms with Crippen LogP contribution in [0.4, 0.5) is 31.4 Å². The summed E-state index contributed by atoms with van der Waals surface area (Å²) in [6, 6.07) is 18.2. The lowest BCUT2D eigenvalue weighted by Gasteiger charge is -2.39. The molecule has 6 atom stereocenters. The van der Waals surface area contributed by atoms with Crippen LogP contribution in [0.5, 0.6) is 28.7 Å². The number of likely N-dealkylation sites (tertiary alicyclic amines) is 1. The van der Waals surface area contributed by atoms with Gasteiger partial charge in [-0.3, -0.25) is 29.0 Å². The normalized spacial score (nSPS) is 20.0. The molecule has 1 spiro atoms. The third-order valence-electron chi connectivity index (χ3n) is 17.7.